The van der Waals surface area contributed by atoms with E-state index in [1.54, 1.807) is 29.8 Å². The van der Waals surface area contributed by atoms with Crippen LogP contribution in [0.2, 0.25) is 0 Å². The van der Waals surface area contributed by atoms with Gasteiger partial charge < -0.3 is 5.11 Å². The minimum absolute atomic E-state index is 0.299. The van der Waals surface area contributed by atoms with Gasteiger partial charge in [-0.25, -0.2) is 9.48 Å². The van der Waals surface area contributed by atoms with Crippen molar-refractivity contribution >= 4 is 17.0 Å². The number of carboxylic acids is 1. The van der Waals surface area contributed by atoms with Crippen LogP contribution in [0.3, 0.4) is 0 Å². The summed E-state index contributed by atoms with van der Waals surface area (Å²) in [4.78, 5) is 11.0. The van der Waals surface area contributed by atoms with Crippen molar-refractivity contribution < 1.29 is 9.90 Å². The van der Waals surface area contributed by atoms with Crippen LogP contribution in [0, 0.1) is 6.92 Å². The van der Waals surface area contributed by atoms with Crippen molar-refractivity contribution in [3.8, 4) is 5.69 Å². The Hall–Kier alpha value is -2.69. The molecule has 5 nitrogen and oxygen atoms in total. The average molecular weight is 253 g/mol. The van der Waals surface area contributed by atoms with Gasteiger partial charge in [0.05, 0.1) is 16.8 Å². The highest BCUT2D eigenvalue weighted by Gasteiger charge is 2.10. The summed E-state index contributed by atoms with van der Waals surface area (Å²) >= 11 is 0. The predicted molar refractivity (Wildman–Crippen MR) is 70.6 cm³/mol. The highest BCUT2D eigenvalue weighted by Crippen LogP contribution is 2.18. The monoisotopic (exact) mass is 253 g/mol. The molecular weight excluding hydrogens is 242 g/mol. The van der Waals surface area contributed by atoms with Crippen molar-refractivity contribution in [1.82, 2.24) is 15.0 Å². The highest BCUT2D eigenvalue weighted by atomic mass is 16.4. The molecule has 5 heteroatoms. The molecule has 3 aromatic rings. The zero-order valence-electron chi connectivity index (χ0n) is 10.2. The van der Waals surface area contributed by atoms with Crippen molar-refractivity contribution in [1.29, 1.82) is 0 Å². The molecule has 0 saturated heterocycles. The van der Waals surface area contributed by atoms with Gasteiger partial charge in [0.25, 0.3) is 0 Å². The third kappa shape index (κ3) is 1.85. The summed E-state index contributed by atoms with van der Waals surface area (Å²) in [5.74, 6) is -0.924. The minimum Gasteiger partial charge on any atom is -0.478 e. The van der Waals surface area contributed by atoms with E-state index in [2.05, 4.69) is 10.3 Å². The van der Waals surface area contributed by atoms with Gasteiger partial charge in [0.1, 0.15) is 5.52 Å². The van der Waals surface area contributed by atoms with Gasteiger partial charge in [0.2, 0.25) is 0 Å². The molecule has 0 fully saturated rings. The van der Waals surface area contributed by atoms with Gasteiger partial charge in [-0.1, -0.05) is 17.3 Å². The third-order valence-corrected chi connectivity index (χ3v) is 3.04. The Bertz CT molecular complexity index is 777. The fourth-order valence-corrected chi connectivity index (χ4v) is 2.08. The maximum atomic E-state index is 11.0. The van der Waals surface area contributed by atoms with E-state index in [4.69, 9.17) is 5.11 Å². The van der Waals surface area contributed by atoms with Gasteiger partial charge in [0, 0.05) is 0 Å². The van der Waals surface area contributed by atoms with Crippen molar-refractivity contribution in [3.05, 3.63) is 53.6 Å². The number of aromatic carboxylic acids is 1. The molecule has 0 aliphatic rings. The largest absolute Gasteiger partial charge is 0.478 e. The summed E-state index contributed by atoms with van der Waals surface area (Å²) in [5, 5.41) is 17.2. The molecule has 3 rings (SSSR count). The van der Waals surface area contributed by atoms with E-state index < -0.39 is 5.97 Å². The van der Waals surface area contributed by atoms with Crippen molar-refractivity contribution in [2.45, 2.75) is 6.92 Å². The molecule has 0 saturated carbocycles. The lowest BCUT2D eigenvalue weighted by atomic mass is 10.1. The maximum Gasteiger partial charge on any atom is 0.335 e. The van der Waals surface area contributed by atoms with Crippen LogP contribution in [0.15, 0.2) is 42.5 Å². The van der Waals surface area contributed by atoms with Crippen LogP contribution in [-0.4, -0.2) is 26.1 Å². The average Bonchev–Trinajstić information content (AvgIpc) is 2.82. The second-order valence-electron chi connectivity index (χ2n) is 4.29. The number of carbonyl (C=O) groups is 1. The van der Waals surface area contributed by atoms with Crippen molar-refractivity contribution in [2.24, 2.45) is 0 Å². The van der Waals surface area contributed by atoms with E-state index in [0.29, 0.717) is 11.1 Å². The Labute approximate surface area is 109 Å². The summed E-state index contributed by atoms with van der Waals surface area (Å²) < 4.78 is 1.70. The van der Waals surface area contributed by atoms with Crippen LogP contribution in [0.25, 0.3) is 16.7 Å². The summed E-state index contributed by atoms with van der Waals surface area (Å²) in [6, 6.07) is 12.7. The van der Waals surface area contributed by atoms with E-state index in [-0.39, 0.29) is 0 Å². The van der Waals surface area contributed by atoms with Crippen molar-refractivity contribution in [3.63, 3.8) is 0 Å². The van der Waals surface area contributed by atoms with Crippen LogP contribution < -0.4 is 0 Å². The Morgan fingerprint density at radius 1 is 1.21 bits per heavy atom. The number of hydrogen-bond donors (Lipinski definition) is 1. The number of aryl methyl sites for hydroxylation is 1. The second kappa shape index (κ2) is 4.20. The van der Waals surface area contributed by atoms with E-state index in [9.17, 15) is 4.79 Å². The van der Waals surface area contributed by atoms with Gasteiger partial charge in [0.15, 0.2) is 0 Å². The molecule has 0 amide bonds. The van der Waals surface area contributed by atoms with Gasteiger partial charge >= 0.3 is 5.97 Å². The molecule has 0 atom stereocenters. The normalized spacial score (nSPS) is 10.8. The van der Waals surface area contributed by atoms with Crippen LogP contribution in [0.4, 0.5) is 0 Å². The summed E-state index contributed by atoms with van der Waals surface area (Å²) in [5.41, 5.74) is 3.50. The first-order chi connectivity index (χ1) is 9.16. The molecule has 0 unspecified atom stereocenters. The first kappa shape index (κ1) is 11.4. The lowest BCUT2D eigenvalue weighted by Gasteiger charge is -2.05. The van der Waals surface area contributed by atoms with E-state index in [0.717, 1.165) is 16.7 Å². The lowest BCUT2D eigenvalue weighted by Crippen LogP contribution is -2.02. The quantitative estimate of drug-likeness (QED) is 0.761. The van der Waals surface area contributed by atoms with Crippen molar-refractivity contribution in [2.75, 3.05) is 0 Å². The maximum absolute atomic E-state index is 11.0. The number of carboxylic acid groups (broad SMARTS) is 1. The smallest absolute Gasteiger partial charge is 0.335 e. The Kier molecular flexibility index (Phi) is 2.52. The molecule has 2 aromatic carbocycles. The SMILES string of the molecule is Cc1cc(-n2nnc3ccccc32)ccc1C(=O)O. The Morgan fingerprint density at radius 3 is 2.74 bits per heavy atom. The van der Waals surface area contributed by atoms with Gasteiger partial charge in [-0.15, -0.1) is 5.10 Å². The number of hydrogen-bond acceptors (Lipinski definition) is 3. The lowest BCUT2D eigenvalue weighted by molar-refractivity contribution is 0.0696. The number of nitrogens with zero attached hydrogens (tertiary/aromatic N) is 3. The van der Waals surface area contributed by atoms with E-state index in [1.165, 1.54) is 0 Å². The van der Waals surface area contributed by atoms with Crippen LogP contribution in [0.5, 0.6) is 0 Å². The zero-order chi connectivity index (χ0) is 13.4. The number of para-hydroxylation sites is 1. The van der Waals surface area contributed by atoms with Crippen LogP contribution in [0.1, 0.15) is 15.9 Å². The van der Waals surface area contributed by atoms with E-state index in [1.807, 2.05) is 24.3 Å². The molecule has 0 aliphatic carbocycles. The number of fused-ring (bicyclic) bond motifs is 1. The Morgan fingerprint density at radius 2 is 2.00 bits per heavy atom. The molecule has 1 aromatic heterocycles. The van der Waals surface area contributed by atoms with Crippen LogP contribution >= 0.6 is 0 Å². The highest BCUT2D eigenvalue weighted by molar-refractivity contribution is 5.89. The van der Waals surface area contributed by atoms with Gasteiger partial charge in [-0.2, -0.15) is 0 Å². The topological polar surface area (TPSA) is 68.0 Å². The first-order valence-corrected chi connectivity index (χ1v) is 5.81. The fourth-order valence-electron chi connectivity index (χ4n) is 2.08. The zero-order valence-corrected chi connectivity index (χ0v) is 10.2. The van der Waals surface area contributed by atoms with Gasteiger partial charge in [-0.3, -0.25) is 0 Å². The molecule has 1 heterocycles. The third-order valence-electron chi connectivity index (χ3n) is 3.04. The van der Waals surface area contributed by atoms with E-state index >= 15 is 0 Å². The molecule has 19 heavy (non-hydrogen) atoms. The number of rotatable bonds is 2. The fraction of sp³-hybridized carbons (Fsp3) is 0.0714. The molecule has 0 spiro atoms. The standard InChI is InChI=1S/C14H11N3O2/c1-9-8-10(6-7-11(9)14(18)19)17-13-5-3-2-4-12(13)15-16-17/h2-8H,1H3,(H,18,19). The second-order valence-corrected chi connectivity index (χ2v) is 4.29. The summed E-state index contributed by atoms with van der Waals surface area (Å²) in [6.07, 6.45) is 0. The number of aromatic nitrogens is 3. The molecule has 0 aliphatic heterocycles. The molecule has 0 bridgehead atoms. The summed E-state index contributed by atoms with van der Waals surface area (Å²) in [7, 11) is 0. The molecule has 1 N–H and O–H groups in total. The molecule has 0 radical (unpaired) electrons. The Balaban J connectivity index is 2.17. The van der Waals surface area contributed by atoms with Crippen LogP contribution in [-0.2, 0) is 0 Å². The van der Waals surface area contributed by atoms with Gasteiger partial charge in [-0.05, 0) is 42.8 Å². The predicted octanol–water partition coefficient (Wildman–Crippen LogP) is 2.43. The minimum atomic E-state index is -0.924. The number of benzene rings is 2. The summed E-state index contributed by atoms with van der Waals surface area (Å²) in [6.45, 7) is 1.77. The first-order valence-electron chi connectivity index (χ1n) is 5.81. The molecule has 94 valence electrons. The molecular formula is C14H11N3O2.